The van der Waals surface area contributed by atoms with Crippen molar-refractivity contribution in [2.24, 2.45) is 0 Å². The summed E-state index contributed by atoms with van der Waals surface area (Å²) in [5.41, 5.74) is 3.11. The minimum absolute atomic E-state index is 0. The number of rotatable bonds is 8. The molecule has 0 radical (unpaired) electrons. The molecule has 0 saturated carbocycles. The summed E-state index contributed by atoms with van der Waals surface area (Å²) in [6.45, 7) is 1.69. The van der Waals surface area contributed by atoms with Crippen molar-refractivity contribution in [1.82, 2.24) is 0 Å². The van der Waals surface area contributed by atoms with Gasteiger partial charge in [0.15, 0.2) is 0 Å². The summed E-state index contributed by atoms with van der Waals surface area (Å²) in [4.78, 5) is 0. The van der Waals surface area contributed by atoms with Crippen LogP contribution in [0.4, 0.5) is 0 Å². The van der Waals surface area contributed by atoms with Gasteiger partial charge in [-0.2, -0.15) is 0 Å². The Labute approximate surface area is 152 Å². The molecule has 0 N–H and O–H groups in total. The molecule has 0 saturated heterocycles. The quantitative estimate of drug-likeness (QED) is 0.590. The van der Waals surface area contributed by atoms with Crippen molar-refractivity contribution < 1.29 is 32.7 Å². The standard InChI is InChI=1S/2C8H11O.2ClH.Zr/c2*1-9-7-6-8-4-2-3-5-8;;;/h2*2,4H,3,6-7H2,1H3;2*1H;. The fourth-order valence-electron chi connectivity index (χ4n) is 2.44. The van der Waals surface area contributed by atoms with Crippen LogP contribution in [-0.2, 0) is 32.7 Å². The van der Waals surface area contributed by atoms with Gasteiger partial charge in [0.05, 0.1) is 0 Å². The Morgan fingerprint density at radius 1 is 0.857 bits per heavy atom. The number of hydrogen-bond acceptors (Lipinski definition) is 2. The number of allylic oxidation sites excluding steroid dienone is 6. The molecule has 0 fully saturated rings. The Bertz CT molecular complexity index is 400. The average Bonchev–Trinajstić information content (AvgIpc) is 3.04. The van der Waals surface area contributed by atoms with E-state index in [9.17, 15) is 0 Å². The smallest absolute Gasteiger partial charge is 0.147 e. The van der Waals surface area contributed by atoms with E-state index in [0.29, 0.717) is 0 Å². The molecule has 0 aromatic carbocycles. The number of hydrogen-bond donors (Lipinski definition) is 0. The Morgan fingerprint density at radius 2 is 1.29 bits per heavy atom. The maximum absolute atomic E-state index is 5.21. The topological polar surface area (TPSA) is 18.5 Å². The van der Waals surface area contributed by atoms with E-state index in [1.54, 1.807) is 31.9 Å². The van der Waals surface area contributed by atoms with Gasteiger partial charge in [-0.05, 0) is 0 Å². The van der Waals surface area contributed by atoms with E-state index >= 15 is 0 Å². The molecule has 0 unspecified atom stereocenters. The van der Waals surface area contributed by atoms with E-state index in [2.05, 4.69) is 24.3 Å². The first-order chi connectivity index (χ1) is 9.35. The van der Waals surface area contributed by atoms with Crippen LogP contribution < -0.4 is 0 Å². The molecule has 0 bridgehead atoms. The zero-order valence-electron chi connectivity index (χ0n) is 12.7. The van der Waals surface area contributed by atoms with Gasteiger partial charge in [-0.25, -0.2) is 0 Å². The van der Waals surface area contributed by atoms with Crippen molar-refractivity contribution in [3.8, 4) is 0 Å². The van der Waals surface area contributed by atoms with E-state index in [0.717, 1.165) is 26.1 Å². The Morgan fingerprint density at radius 3 is 1.67 bits per heavy atom. The molecule has 2 aliphatic rings. The molecule has 0 heterocycles. The van der Waals surface area contributed by atoms with Crippen LogP contribution >= 0.6 is 24.8 Å². The predicted octanol–water partition coefficient (Wildman–Crippen LogP) is 4.41. The Kier molecular flexibility index (Phi) is 12.0. The summed E-state index contributed by atoms with van der Waals surface area (Å²) in [7, 11) is 3.57. The van der Waals surface area contributed by atoms with Crippen LogP contribution in [0.5, 0.6) is 0 Å². The predicted molar refractivity (Wildman–Crippen MR) is 89.0 cm³/mol. The van der Waals surface area contributed by atoms with Gasteiger partial charge in [0.25, 0.3) is 0 Å². The van der Waals surface area contributed by atoms with E-state index in [-0.39, 0.29) is 24.8 Å². The van der Waals surface area contributed by atoms with Crippen molar-refractivity contribution in [3.05, 3.63) is 42.0 Å². The van der Waals surface area contributed by atoms with E-state index in [1.165, 1.54) is 12.8 Å². The maximum atomic E-state index is 5.21. The third-order valence-electron chi connectivity index (χ3n) is 3.51. The first-order valence-electron chi connectivity index (χ1n) is 6.87. The molecule has 0 aromatic heterocycles. The Hall–Kier alpha value is 0.343. The van der Waals surface area contributed by atoms with Gasteiger partial charge in [-0.1, -0.05) is 0 Å². The second kappa shape index (κ2) is 11.9. The van der Waals surface area contributed by atoms with Crippen LogP contribution in [-0.4, -0.2) is 27.4 Å². The monoisotopic (exact) mass is 408 g/mol. The minimum Gasteiger partial charge on any atom is -0.147 e. The first-order valence-corrected chi connectivity index (χ1v) is 9.33. The fraction of sp³-hybridized carbons (Fsp3) is 0.500. The molecular weight excluding hydrogens is 386 g/mol. The summed E-state index contributed by atoms with van der Waals surface area (Å²) in [5.74, 6) is 0. The zero-order chi connectivity index (χ0) is 13.5. The summed E-state index contributed by atoms with van der Waals surface area (Å²) in [5, 5.41) is 0. The second-order valence-corrected chi connectivity index (χ2v) is 8.41. The average molecular weight is 410 g/mol. The fourth-order valence-corrected chi connectivity index (χ4v) is 6.23. The maximum Gasteiger partial charge on any atom is -0.147 e. The minimum atomic E-state index is -0.574. The molecule has 0 aromatic rings. The SMILES string of the molecule is COCCC1=[C]([Zr][C]2=C(CCOC)C=CC2)CC=C1.Cl.Cl. The molecule has 118 valence electrons. The molecule has 21 heavy (non-hydrogen) atoms. The van der Waals surface area contributed by atoms with Crippen LogP contribution in [0.25, 0.3) is 0 Å². The molecule has 0 aliphatic heterocycles. The van der Waals surface area contributed by atoms with Crippen LogP contribution in [0.3, 0.4) is 0 Å². The van der Waals surface area contributed by atoms with Crippen LogP contribution in [0.2, 0.25) is 0 Å². The van der Waals surface area contributed by atoms with E-state index in [1.807, 2.05) is 0 Å². The normalized spacial score (nSPS) is 16.3. The third kappa shape index (κ3) is 6.54. The molecule has 5 heteroatoms. The van der Waals surface area contributed by atoms with E-state index in [4.69, 9.17) is 9.47 Å². The summed E-state index contributed by atoms with van der Waals surface area (Å²) >= 11 is -0.574. The van der Waals surface area contributed by atoms with Gasteiger partial charge < -0.3 is 0 Å². The molecule has 2 nitrogen and oxygen atoms in total. The van der Waals surface area contributed by atoms with Crippen LogP contribution in [0, 0.1) is 0 Å². The van der Waals surface area contributed by atoms with Gasteiger partial charge in [-0.3, -0.25) is 0 Å². The number of halogens is 2. The molecule has 0 amide bonds. The molecular formula is C16H24Cl2O2Zr. The number of ether oxygens (including phenoxy) is 2. The third-order valence-corrected chi connectivity index (χ3v) is 7.58. The van der Waals surface area contributed by atoms with Gasteiger partial charge in [0.1, 0.15) is 0 Å². The van der Waals surface area contributed by atoms with E-state index < -0.39 is 23.2 Å². The summed E-state index contributed by atoms with van der Waals surface area (Å²) < 4.78 is 13.9. The van der Waals surface area contributed by atoms with Crippen LogP contribution in [0.1, 0.15) is 25.7 Å². The van der Waals surface area contributed by atoms with Crippen molar-refractivity contribution >= 4 is 24.8 Å². The van der Waals surface area contributed by atoms with Crippen molar-refractivity contribution in [2.45, 2.75) is 25.7 Å². The Balaban J connectivity index is 0.00000200. The molecule has 2 rings (SSSR count). The molecule has 2 aliphatic carbocycles. The van der Waals surface area contributed by atoms with Crippen molar-refractivity contribution in [1.29, 1.82) is 0 Å². The van der Waals surface area contributed by atoms with Gasteiger partial charge >= 0.3 is 128 Å². The molecule has 0 atom stereocenters. The van der Waals surface area contributed by atoms with Crippen molar-refractivity contribution in [3.63, 3.8) is 0 Å². The second-order valence-electron chi connectivity index (χ2n) is 4.83. The van der Waals surface area contributed by atoms with Gasteiger partial charge in [0.2, 0.25) is 0 Å². The van der Waals surface area contributed by atoms with Gasteiger partial charge in [-0.15, -0.1) is 24.8 Å². The number of methoxy groups -OCH3 is 2. The van der Waals surface area contributed by atoms with Crippen molar-refractivity contribution in [2.75, 3.05) is 27.4 Å². The summed E-state index contributed by atoms with van der Waals surface area (Å²) in [6.07, 6.45) is 13.8. The zero-order valence-corrected chi connectivity index (χ0v) is 16.8. The van der Waals surface area contributed by atoms with Crippen LogP contribution in [0.15, 0.2) is 42.0 Å². The molecule has 0 spiro atoms. The largest absolute Gasteiger partial charge is 0.147 e. The van der Waals surface area contributed by atoms with Gasteiger partial charge in [0, 0.05) is 0 Å². The first kappa shape index (κ1) is 21.3. The summed E-state index contributed by atoms with van der Waals surface area (Å²) in [6, 6.07) is 0.